The van der Waals surface area contributed by atoms with E-state index in [9.17, 15) is 9.18 Å². The highest BCUT2D eigenvalue weighted by Crippen LogP contribution is 2.23. The standard InChI is InChI=1S/C18H18FN7O/c19-14-1-3-15(4-2-14)22-18(27)13-7-9-25(10-8-13)16-5-6-17(24-23-16)26-12-20-11-21-26/h1-6,11-13H,7-10H2,(H,22,27). The summed E-state index contributed by atoms with van der Waals surface area (Å²) in [5.74, 6) is 0.945. The van der Waals surface area contributed by atoms with Crippen LogP contribution in [0.5, 0.6) is 0 Å². The average Bonchev–Trinajstić information content (AvgIpc) is 3.25. The monoisotopic (exact) mass is 367 g/mol. The molecule has 1 aromatic carbocycles. The lowest BCUT2D eigenvalue weighted by atomic mass is 9.96. The Morgan fingerprint density at radius 2 is 1.74 bits per heavy atom. The van der Waals surface area contributed by atoms with E-state index in [1.165, 1.54) is 18.5 Å². The second-order valence-electron chi connectivity index (χ2n) is 6.35. The van der Waals surface area contributed by atoms with Gasteiger partial charge in [0.15, 0.2) is 11.6 Å². The van der Waals surface area contributed by atoms with Gasteiger partial charge in [-0.3, -0.25) is 4.79 Å². The number of anilines is 2. The van der Waals surface area contributed by atoms with Crippen molar-refractivity contribution in [2.75, 3.05) is 23.3 Å². The zero-order valence-corrected chi connectivity index (χ0v) is 14.5. The number of hydrogen-bond acceptors (Lipinski definition) is 6. The number of halogens is 1. The fourth-order valence-corrected chi connectivity index (χ4v) is 3.08. The minimum atomic E-state index is -0.322. The summed E-state index contributed by atoms with van der Waals surface area (Å²) in [5, 5.41) is 15.3. The van der Waals surface area contributed by atoms with Crippen molar-refractivity contribution in [1.82, 2.24) is 25.0 Å². The Hall–Kier alpha value is -3.36. The third kappa shape index (κ3) is 3.91. The largest absolute Gasteiger partial charge is 0.355 e. The zero-order chi connectivity index (χ0) is 18.6. The summed E-state index contributed by atoms with van der Waals surface area (Å²) in [6, 6.07) is 9.52. The molecule has 27 heavy (non-hydrogen) atoms. The molecule has 0 unspecified atom stereocenters. The molecule has 4 rings (SSSR count). The minimum absolute atomic E-state index is 0.0335. The van der Waals surface area contributed by atoms with Gasteiger partial charge in [-0.25, -0.2) is 14.1 Å². The number of piperidine rings is 1. The number of nitrogens with zero attached hydrogens (tertiary/aromatic N) is 6. The quantitative estimate of drug-likeness (QED) is 0.759. The van der Waals surface area contributed by atoms with Crippen molar-refractivity contribution in [3.05, 3.63) is 54.9 Å². The Morgan fingerprint density at radius 1 is 1.04 bits per heavy atom. The van der Waals surface area contributed by atoms with Crippen LogP contribution in [0.1, 0.15) is 12.8 Å². The maximum Gasteiger partial charge on any atom is 0.227 e. The number of hydrogen-bond donors (Lipinski definition) is 1. The van der Waals surface area contributed by atoms with Gasteiger partial charge in [-0.1, -0.05) is 0 Å². The molecule has 0 radical (unpaired) electrons. The van der Waals surface area contributed by atoms with Gasteiger partial charge in [0.05, 0.1) is 0 Å². The van der Waals surface area contributed by atoms with E-state index in [-0.39, 0.29) is 17.6 Å². The number of benzene rings is 1. The SMILES string of the molecule is O=C(Nc1ccc(F)cc1)C1CCN(c2ccc(-n3cncn3)nn2)CC1. The number of aromatic nitrogens is 5. The van der Waals surface area contributed by atoms with Gasteiger partial charge in [-0.05, 0) is 49.2 Å². The molecule has 2 aromatic heterocycles. The van der Waals surface area contributed by atoms with Gasteiger partial charge < -0.3 is 10.2 Å². The van der Waals surface area contributed by atoms with Gasteiger partial charge in [0.1, 0.15) is 18.5 Å². The van der Waals surface area contributed by atoms with E-state index >= 15 is 0 Å². The number of carbonyl (C=O) groups is 1. The highest BCUT2D eigenvalue weighted by molar-refractivity contribution is 5.92. The maximum absolute atomic E-state index is 13.0. The third-order valence-electron chi connectivity index (χ3n) is 4.59. The molecule has 3 heterocycles. The molecule has 0 atom stereocenters. The van der Waals surface area contributed by atoms with Crippen LogP contribution in [-0.2, 0) is 4.79 Å². The molecule has 8 nitrogen and oxygen atoms in total. The first kappa shape index (κ1) is 17.1. The first-order chi connectivity index (χ1) is 13.2. The van der Waals surface area contributed by atoms with Crippen LogP contribution < -0.4 is 10.2 Å². The van der Waals surface area contributed by atoms with Gasteiger partial charge in [-0.15, -0.1) is 10.2 Å². The molecule has 0 spiro atoms. The molecule has 3 aromatic rings. The van der Waals surface area contributed by atoms with Gasteiger partial charge in [0.25, 0.3) is 0 Å². The van der Waals surface area contributed by atoms with Crippen molar-refractivity contribution < 1.29 is 9.18 Å². The van der Waals surface area contributed by atoms with E-state index in [1.54, 1.807) is 23.1 Å². The van der Waals surface area contributed by atoms with Crippen LogP contribution in [0.2, 0.25) is 0 Å². The molecule has 1 aliphatic rings. The molecule has 1 N–H and O–H groups in total. The van der Waals surface area contributed by atoms with Crippen LogP contribution in [0.25, 0.3) is 5.82 Å². The van der Waals surface area contributed by atoms with E-state index < -0.39 is 0 Å². The highest BCUT2D eigenvalue weighted by atomic mass is 19.1. The Morgan fingerprint density at radius 3 is 2.37 bits per heavy atom. The number of nitrogens with one attached hydrogen (secondary N) is 1. The van der Waals surface area contributed by atoms with E-state index in [2.05, 4.69) is 30.5 Å². The molecule has 138 valence electrons. The Labute approximate surface area is 155 Å². The fraction of sp³-hybridized carbons (Fsp3) is 0.278. The second kappa shape index (κ2) is 7.48. The summed E-state index contributed by atoms with van der Waals surface area (Å²) >= 11 is 0. The van der Waals surface area contributed by atoms with Crippen molar-refractivity contribution in [2.24, 2.45) is 5.92 Å². The van der Waals surface area contributed by atoms with E-state index in [4.69, 9.17) is 0 Å². The predicted octanol–water partition coefficient (Wildman–Crippen LogP) is 2.05. The Balaban J connectivity index is 1.33. The highest BCUT2D eigenvalue weighted by Gasteiger charge is 2.26. The second-order valence-corrected chi connectivity index (χ2v) is 6.35. The van der Waals surface area contributed by atoms with Crippen molar-refractivity contribution >= 4 is 17.4 Å². The fourth-order valence-electron chi connectivity index (χ4n) is 3.08. The molecular formula is C18H18FN7O. The normalized spacial score (nSPS) is 14.9. The molecule has 1 amide bonds. The maximum atomic E-state index is 13.0. The molecule has 1 aliphatic heterocycles. The average molecular weight is 367 g/mol. The molecule has 0 bridgehead atoms. The lowest BCUT2D eigenvalue weighted by Crippen LogP contribution is -2.38. The predicted molar refractivity (Wildman–Crippen MR) is 96.9 cm³/mol. The van der Waals surface area contributed by atoms with E-state index in [0.29, 0.717) is 11.5 Å². The van der Waals surface area contributed by atoms with Crippen molar-refractivity contribution in [3.63, 3.8) is 0 Å². The lowest BCUT2D eigenvalue weighted by Gasteiger charge is -2.31. The smallest absolute Gasteiger partial charge is 0.227 e. The van der Waals surface area contributed by atoms with E-state index in [1.807, 2.05) is 12.1 Å². The van der Waals surface area contributed by atoms with Crippen LogP contribution in [0.4, 0.5) is 15.9 Å². The summed E-state index contributed by atoms with van der Waals surface area (Å²) < 4.78 is 14.5. The number of rotatable bonds is 4. The molecule has 9 heteroatoms. The Bertz CT molecular complexity index is 888. The zero-order valence-electron chi connectivity index (χ0n) is 14.5. The van der Waals surface area contributed by atoms with Crippen LogP contribution >= 0.6 is 0 Å². The summed E-state index contributed by atoms with van der Waals surface area (Å²) in [6.07, 6.45) is 4.45. The van der Waals surface area contributed by atoms with Gasteiger partial charge in [-0.2, -0.15) is 5.10 Å². The molecule has 1 saturated heterocycles. The summed E-state index contributed by atoms with van der Waals surface area (Å²) in [7, 11) is 0. The number of amides is 1. The van der Waals surface area contributed by atoms with Crippen LogP contribution in [0.3, 0.4) is 0 Å². The topological polar surface area (TPSA) is 88.8 Å². The van der Waals surface area contributed by atoms with Crippen molar-refractivity contribution in [1.29, 1.82) is 0 Å². The summed E-state index contributed by atoms with van der Waals surface area (Å²) in [6.45, 7) is 1.44. The lowest BCUT2D eigenvalue weighted by molar-refractivity contribution is -0.120. The Kier molecular flexibility index (Phi) is 4.73. The molecule has 0 aliphatic carbocycles. The first-order valence-electron chi connectivity index (χ1n) is 8.69. The van der Waals surface area contributed by atoms with Crippen LogP contribution in [0.15, 0.2) is 49.1 Å². The van der Waals surface area contributed by atoms with Gasteiger partial charge >= 0.3 is 0 Å². The van der Waals surface area contributed by atoms with Crippen molar-refractivity contribution in [3.8, 4) is 5.82 Å². The third-order valence-corrected chi connectivity index (χ3v) is 4.59. The molecule has 0 saturated carbocycles. The van der Waals surface area contributed by atoms with Gasteiger partial charge in [0, 0.05) is 24.7 Å². The van der Waals surface area contributed by atoms with Crippen LogP contribution in [0, 0.1) is 11.7 Å². The van der Waals surface area contributed by atoms with Crippen LogP contribution in [-0.4, -0.2) is 44.0 Å². The minimum Gasteiger partial charge on any atom is -0.355 e. The number of carbonyl (C=O) groups excluding carboxylic acids is 1. The van der Waals surface area contributed by atoms with E-state index in [0.717, 1.165) is 31.7 Å². The summed E-state index contributed by atoms with van der Waals surface area (Å²) in [4.78, 5) is 18.4. The molecular weight excluding hydrogens is 349 g/mol. The van der Waals surface area contributed by atoms with Crippen molar-refractivity contribution in [2.45, 2.75) is 12.8 Å². The molecule has 1 fully saturated rings. The van der Waals surface area contributed by atoms with Gasteiger partial charge in [0.2, 0.25) is 5.91 Å². The first-order valence-corrected chi connectivity index (χ1v) is 8.69. The summed E-state index contributed by atoms with van der Waals surface area (Å²) in [5.41, 5.74) is 0.610.